The van der Waals surface area contributed by atoms with Crippen LogP contribution in [0.3, 0.4) is 0 Å². The summed E-state index contributed by atoms with van der Waals surface area (Å²) >= 11 is 0. The van der Waals surface area contributed by atoms with Crippen LogP contribution in [0.25, 0.3) is 0 Å². The molecule has 1 spiro atoms. The fraction of sp³-hybridized carbons (Fsp3) is 0.600. The number of carboxylic acid groups (broad SMARTS) is 1. The van der Waals surface area contributed by atoms with Crippen molar-refractivity contribution >= 4 is 11.9 Å². The second-order valence-corrected chi connectivity index (χ2v) is 7.81. The van der Waals surface area contributed by atoms with Crippen LogP contribution in [0.1, 0.15) is 22.3 Å². The summed E-state index contributed by atoms with van der Waals surface area (Å²) in [6.45, 7) is 6.66. The second kappa shape index (κ2) is 9.13. The van der Waals surface area contributed by atoms with E-state index < -0.39 is 12.1 Å². The number of carbonyl (C=O) groups excluding carboxylic acids is 1. The van der Waals surface area contributed by atoms with Crippen molar-refractivity contribution in [2.75, 3.05) is 46.9 Å². The highest BCUT2D eigenvalue weighted by Gasteiger charge is 2.50. The molecule has 1 aromatic rings. The Kier molecular flexibility index (Phi) is 7.29. The molecule has 0 saturated carbocycles. The molecule has 162 valence electrons. The molecule has 1 aromatic carbocycles. The first-order valence-electron chi connectivity index (χ1n) is 9.32. The van der Waals surface area contributed by atoms with Crippen molar-refractivity contribution in [1.82, 2.24) is 9.80 Å². The highest BCUT2D eigenvalue weighted by atomic mass is 19.4. The number of carbonyl (C=O) groups is 2. The zero-order valence-corrected chi connectivity index (χ0v) is 16.8. The third-order valence-electron chi connectivity index (χ3n) is 5.64. The number of carboxylic acids is 1. The zero-order valence-electron chi connectivity index (χ0n) is 16.8. The number of rotatable bonds is 3. The summed E-state index contributed by atoms with van der Waals surface area (Å²) in [4.78, 5) is 26.2. The summed E-state index contributed by atoms with van der Waals surface area (Å²) in [5, 5.41) is 7.12. The number of amides is 1. The summed E-state index contributed by atoms with van der Waals surface area (Å²) in [7, 11) is 3.94. The summed E-state index contributed by atoms with van der Waals surface area (Å²) in [5.74, 6) is -2.05. The van der Waals surface area contributed by atoms with E-state index in [0.717, 1.165) is 50.3 Å². The third-order valence-corrected chi connectivity index (χ3v) is 5.64. The van der Waals surface area contributed by atoms with Crippen molar-refractivity contribution in [3.8, 4) is 0 Å². The van der Waals surface area contributed by atoms with Crippen LogP contribution in [0.2, 0.25) is 0 Å². The number of nitrogens with zero attached hydrogens (tertiary/aromatic N) is 2. The van der Waals surface area contributed by atoms with Crippen LogP contribution in [0.15, 0.2) is 24.3 Å². The number of methoxy groups -OCH3 is 1. The molecule has 2 atom stereocenters. The first-order valence-corrected chi connectivity index (χ1v) is 9.32. The average Bonchev–Trinajstić information content (AvgIpc) is 3.19. The van der Waals surface area contributed by atoms with Gasteiger partial charge in [-0.25, -0.2) is 4.79 Å². The Morgan fingerprint density at radius 1 is 1.28 bits per heavy atom. The molecule has 2 heterocycles. The van der Waals surface area contributed by atoms with Gasteiger partial charge in [0, 0.05) is 50.2 Å². The lowest BCUT2D eigenvalue weighted by atomic mass is 9.77. The van der Waals surface area contributed by atoms with E-state index in [1.807, 2.05) is 36.1 Å². The molecule has 2 aliphatic rings. The van der Waals surface area contributed by atoms with Crippen molar-refractivity contribution in [3.63, 3.8) is 0 Å². The Bertz CT molecular complexity index is 741. The van der Waals surface area contributed by atoms with Crippen LogP contribution in [0.5, 0.6) is 0 Å². The van der Waals surface area contributed by atoms with E-state index in [4.69, 9.17) is 14.6 Å². The van der Waals surface area contributed by atoms with Crippen molar-refractivity contribution in [3.05, 3.63) is 35.4 Å². The number of alkyl halides is 3. The van der Waals surface area contributed by atoms with E-state index in [9.17, 15) is 18.0 Å². The standard InChI is InChI=1S/C18H26N2O2.C2HF3O2/c1-14-6-4-5-7-16(14)17(21)20-9-8-18(13-20)12-19(2)10-15(18)11-22-3;3-2(4,5)1(6)7/h4-7,15H,8-13H2,1-3H3;(H,6,7)/t15-,18+;/m0./s1. The Hall–Kier alpha value is -2.13. The van der Waals surface area contributed by atoms with Gasteiger partial charge >= 0.3 is 12.1 Å². The number of likely N-dealkylation sites (tertiary alicyclic amines) is 2. The fourth-order valence-corrected chi connectivity index (χ4v) is 4.25. The number of ether oxygens (including phenoxy) is 1. The zero-order chi connectivity index (χ0) is 21.8. The predicted molar refractivity (Wildman–Crippen MR) is 101 cm³/mol. The Morgan fingerprint density at radius 3 is 2.45 bits per heavy atom. The molecule has 2 saturated heterocycles. The molecular formula is C20H27F3N2O4. The molecule has 0 radical (unpaired) electrons. The molecule has 29 heavy (non-hydrogen) atoms. The van der Waals surface area contributed by atoms with Crippen LogP contribution < -0.4 is 0 Å². The van der Waals surface area contributed by atoms with Gasteiger partial charge in [-0.2, -0.15) is 13.2 Å². The predicted octanol–water partition coefficient (Wildman–Crippen LogP) is 2.67. The minimum absolute atomic E-state index is 0.181. The van der Waals surface area contributed by atoms with E-state index in [1.54, 1.807) is 7.11 Å². The minimum Gasteiger partial charge on any atom is -0.475 e. The van der Waals surface area contributed by atoms with Gasteiger partial charge in [0.15, 0.2) is 0 Å². The Balaban J connectivity index is 0.000000370. The molecule has 0 bridgehead atoms. The highest BCUT2D eigenvalue weighted by molar-refractivity contribution is 5.95. The van der Waals surface area contributed by atoms with Gasteiger partial charge in [0.05, 0.1) is 6.61 Å². The lowest BCUT2D eigenvalue weighted by Gasteiger charge is -2.30. The smallest absolute Gasteiger partial charge is 0.475 e. The number of aryl methyl sites for hydroxylation is 1. The quantitative estimate of drug-likeness (QED) is 0.821. The van der Waals surface area contributed by atoms with Crippen LogP contribution in [0, 0.1) is 18.3 Å². The van der Waals surface area contributed by atoms with Gasteiger partial charge < -0.3 is 19.6 Å². The molecule has 9 heteroatoms. The number of hydrogen-bond acceptors (Lipinski definition) is 4. The van der Waals surface area contributed by atoms with Crippen molar-refractivity contribution < 1.29 is 32.6 Å². The molecule has 0 aromatic heterocycles. The normalized spacial score (nSPS) is 24.5. The molecule has 1 amide bonds. The lowest BCUT2D eigenvalue weighted by Crippen LogP contribution is -2.38. The molecule has 1 N–H and O–H groups in total. The van der Waals surface area contributed by atoms with Gasteiger partial charge in [-0.05, 0) is 32.0 Å². The summed E-state index contributed by atoms with van der Waals surface area (Å²) in [5.41, 5.74) is 2.11. The molecule has 2 aliphatic heterocycles. The lowest BCUT2D eigenvalue weighted by molar-refractivity contribution is -0.192. The molecule has 0 unspecified atom stereocenters. The van der Waals surface area contributed by atoms with Crippen molar-refractivity contribution in [2.45, 2.75) is 19.5 Å². The Morgan fingerprint density at radius 2 is 1.90 bits per heavy atom. The first-order chi connectivity index (χ1) is 13.5. The SMILES string of the molecule is COC[C@@H]1CN(C)C[C@@]12CCN(C(=O)c1ccccc1C)C2.O=C(O)C(F)(F)F. The molecular weight excluding hydrogens is 389 g/mol. The maximum Gasteiger partial charge on any atom is 0.490 e. The fourth-order valence-electron chi connectivity index (χ4n) is 4.25. The van der Waals surface area contributed by atoms with Gasteiger partial charge in [-0.1, -0.05) is 18.2 Å². The van der Waals surface area contributed by atoms with Crippen molar-refractivity contribution in [1.29, 1.82) is 0 Å². The van der Waals surface area contributed by atoms with Gasteiger partial charge in [-0.3, -0.25) is 4.79 Å². The van der Waals surface area contributed by atoms with Crippen LogP contribution in [-0.2, 0) is 9.53 Å². The number of halogens is 3. The maximum atomic E-state index is 12.8. The summed E-state index contributed by atoms with van der Waals surface area (Å²) in [6, 6.07) is 7.88. The average molecular weight is 416 g/mol. The topological polar surface area (TPSA) is 70.1 Å². The minimum atomic E-state index is -5.08. The number of benzene rings is 1. The first kappa shape index (κ1) is 23.2. The second-order valence-electron chi connectivity index (χ2n) is 7.81. The number of aliphatic carboxylic acids is 1. The van der Waals surface area contributed by atoms with Crippen LogP contribution in [-0.4, -0.2) is 79.9 Å². The summed E-state index contributed by atoms with van der Waals surface area (Å²) in [6.07, 6.45) is -4.00. The van der Waals surface area contributed by atoms with E-state index in [0.29, 0.717) is 5.92 Å². The molecule has 6 nitrogen and oxygen atoms in total. The monoisotopic (exact) mass is 416 g/mol. The van der Waals surface area contributed by atoms with E-state index in [2.05, 4.69) is 11.9 Å². The van der Waals surface area contributed by atoms with Gasteiger partial charge in [0.25, 0.3) is 5.91 Å². The molecule has 2 fully saturated rings. The third kappa shape index (κ3) is 5.48. The van der Waals surface area contributed by atoms with E-state index >= 15 is 0 Å². The van der Waals surface area contributed by atoms with Gasteiger partial charge in [-0.15, -0.1) is 0 Å². The highest BCUT2D eigenvalue weighted by Crippen LogP contribution is 2.43. The summed E-state index contributed by atoms with van der Waals surface area (Å²) < 4.78 is 37.2. The van der Waals surface area contributed by atoms with Gasteiger partial charge in [0.2, 0.25) is 0 Å². The maximum absolute atomic E-state index is 12.8. The Labute approximate surface area is 168 Å². The van der Waals surface area contributed by atoms with Crippen LogP contribution in [0.4, 0.5) is 13.2 Å². The van der Waals surface area contributed by atoms with E-state index in [1.165, 1.54) is 0 Å². The molecule has 3 rings (SSSR count). The van der Waals surface area contributed by atoms with E-state index in [-0.39, 0.29) is 11.3 Å². The largest absolute Gasteiger partial charge is 0.490 e. The van der Waals surface area contributed by atoms with Gasteiger partial charge in [0.1, 0.15) is 0 Å². The number of hydrogen-bond donors (Lipinski definition) is 1. The van der Waals surface area contributed by atoms with Crippen LogP contribution >= 0.6 is 0 Å². The molecule has 0 aliphatic carbocycles. The van der Waals surface area contributed by atoms with Crippen molar-refractivity contribution in [2.24, 2.45) is 11.3 Å².